The van der Waals surface area contributed by atoms with Gasteiger partial charge in [-0.15, -0.1) is 0 Å². The predicted molar refractivity (Wildman–Crippen MR) is 91.6 cm³/mol. The maximum absolute atomic E-state index is 9.02. The van der Waals surface area contributed by atoms with Crippen LogP contribution in [0, 0.1) is 0 Å². The highest BCUT2D eigenvalue weighted by molar-refractivity contribution is 5.91. The van der Waals surface area contributed by atoms with Crippen molar-refractivity contribution in [2.45, 2.75) is 6.42 Å². The molecule has 0 aliphatic heterocycles. The third-order valence-corrected chi connectivity index (χ3v) is 3.89. The molecule has 0 radical (unpaired) electrons. The summed E-state index contributed by atoms with van der Waals surface area (Å²) in [5.74, 6) is 1.90. The van der Waals surface area contributed by atoms with Crippen LogP contribution in [-0.4, -0.2) is 48.8 Å². The maximum atomic E-state index is 9.02. The van der Waals surface area contributed by atoms with Crippen LogP contribution in [0.3, 0.4) is 0 Å². The Hall–Kier alpha value is -3.26. The van der Waals surface area contributed by atoms with Gasteiger partial charge in [-0.05, 0) is 24.1 Å². The van der Waals surface area contributed by atoms with E-state index in [0.29, 0.717) is 23.8 Å². The second kappa shape index (κ2) is 6.33. The minimum Gasteiger partial charge on any atom is -0.497 e. The van der Waals surface area contributed by atoms with Crippen LogP contribution in [0.4, 0.5) is 0 Å². The average Bonchev–Trinajstić information content (AvgIpc) is 3.28. The third-order valence-electron chi connectivity index (χ3n) is 3.89. The van der Waals surface area contributed by atoms with Crippen LogP contribution in [0.2, 0.25) is 0 Å². The molecule has 126 valence electrons. The van der Waals surface area contributed by atoms with Crippen molar-refractivity contribution in [2.75, 3.05) is 13.7 Å². The van der Waals surface area contributed by atoms with Crippen molar-refractivity contribution in [1.29, 1.82) is 0 Å². The molecule has 0 atom stereocenters. The monoisotopic (exact) mass is 336 g/mol. The number of methoxy groups -OCH3 is 1. The number of H-pyrrole nitrogens is 1. The van der Waals surface area contributed by atoms with E-state index in [4.69, 9.17) is 9.84 Å². The van der Waals surface area contributed by atoms with Gasteiger partial charge in [0.1, 0.15) is 11.4 Å². The highest BCUT2D eigenvalue weighted by Gasteiger charge is 2.13. The number of aliphatic hydroxyl groups excluding tert-OH is 1. The number of nitrogens with zero attached hydrogens (tertiary/aromatic N) is 5. The number of hydrogen-bond donors (Lipinski definition) is 2. The average molecular weight is 336 g/mol. The summed E-state index contributed by atoms with van der Waals surface area (Å²) in [4.78, 5) is 8.90. The molecule has 0 saturated heterocycles. The van der Waals surface area contributed by atoms with Gasteiger partial charge in [0.05, 0.1) is 18.8 Å². The van der Waals surface area contributed by atoms with E-state index in [1.54, 1.807) is 30.3 Å². The van der Waals surface area contributed by atoms with Gasteiger partial charge in [-0.2, -0.15) is 10.2 Å². The summed E-state index contributed by atoms with van der Waals surface area (Å²) in [7, 11) is 1.63. The molecule has 4 rings (SSSR count). The molecule has 0 spiro atoms. The topological polar surface area (TPSA) is 102 Å². The molecule has 8 heteroatoms. The number of nitrogens with one attached hydrogen (secondary N) is 1. The van der Waals surface area contributed by atoms with E-state index in [0.717, 1.165) is 22.2 Å². The fraction of sp³-hybridized carbons (Fsp3) is 0.176. The molecule has 0 aliphatic rings. The van der Waals surface area contributed by atoms with E-state index in [1.807, 2.05) is 24.4 Å². The highest BCUT2D eigenvalue weighted by Crippen LogP contribution is 2.27. The minimum atomic E-state index is 0.0867. The fourth-order valence-corrected chi connectivity index (χ4v) is 2.63. The lowest BCUT2D eigenvalue weighted by Gasteiger charge is -2.03. The van der Waals surface area contributed by atoms with Gasteiger partial charge in [0.15, 0.2) is 11.6 Å². The lowest BCUT2D eigenvalue weighted by Crippen LogP contribution is -2.00. The molecule has 0 amide bonds. The van der Waals surface area contributed by atoms with Crippen LogP contribution in [0.5, 0.6) is 5.75 Å². The predicted octanol–water partition coefficient (Wildman–Crippen LogP) is 1.75. The Kier molecular flexibility index (Phi) is 3.87. The van der Waals surface area contributed by atoms with Gasteiger partial charge >= 0.3 is 0 Å². The standard InChI is InChI=1S/C17H16N6O2/c1-25-12-2-3-13-14(8-12)21-22-16(13)17-18-6-4-15(20-17)23-10-11(5-7-24)9-19-23/h2-4,6,8-10,24H,5,7H2,1H3,(H,21,22). The Morgan fingerprint density at radius 2 is 2.20 bits per heavy atom. The molecule has 0 fully saturated rings. The second-order valence-electron chi connectivity index (χ2n) is 5.49. The molecular formula is C17H16N6O2. The Bertz CT molecular complexity index is 1020. The van der Waals surface area contributed by atoms with E-state index in [1.165, 1.54) is 0 Å². The SMILES string of the molecule is COc1ccc2c(-c3nccc(-n4cc(CCO)cn4)n3)n[nH]c2c1. The number of fused-ring (bicyclic) bond motifs is 1. The largest absolute Gasteiger partial charge is 0.497 e. The Balaban J connectivity index is 1.74. The fourth-order valence-electron chi connectivity index (χ4n) is 2.63. The van der Waals surface area contributed by atoms with Crippen LogP contribution in [0.25, 0.3) is 28.2 Å². The Morgan fingerprint density at radius 3 is 3.04 bits per heavy atom. The highest BCUT2D eigenvalue weighted by atomic mass is 16.5. The van der Waals surface area contributed by atoms with Crippen molar-refractivity contribution in [3.8, 4) is 23.1 Å². The van der Waals surface area contributed by atoms with E-state index in [2.05, 4.69) is 25.3 Å². The molecule has 0 saturated carbocycles. The summed E-state index contributed by atoms with van der Waals surface area (Å²) in [6.45, 7) is 0.0867. The summed E-state index contributed by atoms with van der Waals surface area (Å²) >= 11 is 0. The number of aliphatic hydroxyl groups is 1. The third kappa shape index (κ3) is 2.83. The van der Waals surface area contributed by atoms with Crippen molar-refractivity contribution < 1.29 is 9.84 Å². The molecule has 1 aromatic carbocycles. The van der Waals surface area contributed by atoms with Crippen molar-refractivity contribution in [1.82, 2.24) is 29.9 Å². The first-order valence-electron chi connectivity index (χ1n) is 7.79. The van der Waals surface area contributed by atoms with Crippen molar-refractivity contribution >= 4 is 10.9 Å². The quantitative estimate of drug-likeness (QED) is 0.576. The normalized spacial score (nSPS) is 11.1. The van der Waals surface area contributed by atoms with Gasteiger partial charge in [-0.25, -0.2) is 14.6 Å². The number of benzene rings is 1. The van der Waals surface area contributed by atoms with Gasteiger partial charge in [-0.1, -0.05) is 0 Å². The first-order chi connectivity index (χ1) is 12.3. The first-order valence-corrected chi connectivity index (χ1v) is 7.79. The van der Waals surface area contributed by atoms with Crippen molar-refractivity contribution in [3.63, 3.8) is 0 Å². The molecule has 8 nitrogen and oxygen atoms in total. The lowest BCUT2D eigenvalue weighted by atomic mass is 10.2. The summed E-state index contributed by atoms with van der Waals surface area (Å²) in [6, 6.07) is 7.46. The lowest BCUT2D eigenvalue weighted by molar-refractivity contribution is 0.299. The van der Waals surface area contributed by atoms with Crippen LogP contribution >= 0.6 is 0 Å². The Labute approximate surface area is 143 Å². The molecular weight excluding hydrogens is 320 g/mol. The van der Waals surface area contributed by atoms with Crippen molar-refractivity contribution in [3.05, 3.63) is 48.4 Å². The zero-order chi connectivity index (χ0) is 17.2. The molecule has 4 aromatic rings. The first kappa shape index (κ1) is 15.3. The summed E-state index contributed by atoms with van der Waals surface area (Å²) in [6.07, 6.45) is 5.79. The van der Waals surface area contributed by atoms with E-state index in [-0.39, 0.29) is 6.61 Å². The van der Waals surface area contributed by atoms with E-state index < -0.39 is 0 Å². The molecule has 0 bridgehead atoms. The summed E-state index contributed by atoms with van der Waals surface area (Å²) in [5.41, 5.74) is 2.47. The molecule has 25 heavy (non-hydrogen) atoms. The molecule has 0 unspecified atom stereocenters. The van der Waals surface area contributed by atoms with Gasteiger partial charge in [0, 0.05) is 36.5 Å². The zero-order valence-electron chi connectivity index (χ0n) is 13.5. The molecule has 2 N–H and O–H groups in total. The van der Waals surface area contributed by atoms with E-state index in [9.17, 15) is 0 Å². The van der Waals surface area contributed by atoms with Crippen LogP contribution in [0.1, 0.15) is 5.56 Å². The van der Waals surface area contributed by atoms with Crippen LogP contribution < -0.4 is 4.74 Å². The second-order valence-corrected chi connectivity index (χ2v) is 5.49. The van der Waals surface area contributed by atoms with Gasteiger partial charge in [-0.3, -0.25) is 5.10 Å². The number of hydrogen-bond acceptors (Lipinski definition) is 6. The number of ether oxygens (including phenoxy) is 1. The van der Waals surface area contributed by atoms with Gasteiger partial charge in [0.25, 0.3) is 0 Å². The Morgan fingerprint density at radius 1 is 1.28 bits per heavy atom. The number of aromatic amines is 1. The minimum absolute atomic E-state index is 0.0867. The van der Waals surface area contributed by atoms with Crippen molar-refractivity contribution in [2.24, 2.45) is 0 Å². The molecule has 3 aromatic heterocycles. The zero-order valence-corrected chi connectivity index (χ0v) is 13.5. The maximum Gasteiger partial charge on any atom is 0.182 e. The summed E-state index contributed by atoms with van der Waals surface area (Å²) in [5, 5.41) is 21.5. The number of rotatable bonds is 5. The van der Waals surface area contributed by atoms with Gasteiger partial charge in [0.2, 0.25) is 0 Å². The van der Waals surface area contributed by atoms with Crippen LogP contribution in [-0.2, 0) is 6.42 Å². The summed E-state index contributed by atoms with van der Waals surface area (Å²) < 4.78 is 6.89. The van der Waals surface area contributed by atoms with Gasteiger partial charge < -0.3 is 9.84 Å². The van der Waals surface area contributed by atoms with Crippen LogP contribution in [0.15, 0.2) is 42.9 Å². The van der Waals surface area contributed by atoms with E-state index >= 15 is 0 Å². The molecule has 0 aliphatic carbocycles. The smallest absolute Gasteiger partial charge is 0.182 e. The molecule has 3 heterocycles. The number of aromatic nitrogens is 6.